The number of esters is 2. The summed E-state index contributed by atoms with van der Waals surface area (Å²) >= 11 is 0. The van der Waals surface area contributed by atoms with Crippen LogP contribution in [0.15, 0.2) is 11.3 Å². The molecular weight excluding hydrogens is 262 g/mol. The highest BCUT2D eigenvalue weighted by Crippen LogP contribution is 2.60. The van der Waals surface area contributed by atoms with E-state index in [0.717, 1.165) is 0 Å². The summed E-state index contributed by atoms with van der Waals surface area (Å²) in [5, 5.41) is 0. The Kier molecular flexibility index (Phi) is 4.57. The molecule has 0 N–H and O–H groups in total. The van der Waals surface area contributed by atoms with Gasteiger partial charge >= 0.3 is 11.9 Å². The number of methoxy groups -OCH3 is 1. The summed E-state index contributed by atoms with van der Waals surface area (Å²) in [5.74, 6) is -1.56. The van der Waals surface area contributed by atoms with Crippen LogP contribution in [-0.2, 0) is 23.9 Å². The van der Waals surface area contributed by atoms with Gasteiger partial charge in [0.15, 0.2) is 0 Å². The van der Waals surface area contributed by atoms with Crippen molar-refractivity contribution in [3.05, 3.63) is 11.3 Å². The Morgan fingerprint density at radius 3 is 2.05 bits per heavy atom. The molecule has 1 fully saturated rings. The molecule has 0 aromatic rings. The van der Waals surface area contributed by atoms with Crippen LogP contribution >= 0.6 is 0 Å². The molecule has 6 heteroatoms. The molecule has 1 saturated carbocycles. The molecule has 1 aliphatic carbocycles. The number of carbonyl (C=O) groups is 3. The lowest BCUT2D eigenvalue weighted by molar-refractivity contribution is -0.152. The largest absolute Gasteiger partial charge is 0.468 e. The van der Waals surface area contributed by atoms with Crippen molar-refractivity contribution in [1.82, 2.24) is 4.90 Å². The minimum absolute atomic E-state index is 0.179. The maximum atomic E-state index is 12.1. The van der Waals surface area contributed by atoms with Crippen LogP contribution in [0.5, 0.6) is 0 Å². The molecule has 0 aliphatic heterocycles. The van der Waals surface area contributed by atoms with E-state index in [0.29, 0.717) is 12.0 Å². The van der Waals surface area contributed by atoms with Gasteiger partial charge in [-0.2, -0.15) is 0 Å². The number of hydrogen-bond acceptors (Lipinski definition) is 5. The standard InChI is InChI=1S/C14H21NO5/c1-8(2)11(20-9(3)16)14(13(18)19-6)7-10(14)12(17)15(4)5/h10H,7H2,1-6H3/t10-,14+/m0/s1. The first-order valence-corrected chi connectivity index (χ1v) is 6.34. The SMILES string of the molecule is COC(=O)[C@]1(C(OC(C)=O)=C(C)C)C[C@H]1C(=O)N(C)C. The van der Waals surface area contributed by atoms with E-state index in [4.69, 9.17) is 9.47 Å². The van der Waals surface area contributed by atoms with E-state index < -0.39 is 23.3 Å². The van der Waals surface area contributed by atoms with Crippen LogP contribution in [0.2, 0.25) is 0 Å². The highest BCUT2D eigenvalue weighted by Gasteiger charge is 2.69. The van der Waals surface area contributed by atoms with Crippen molar-refractivity contribution >= 4 is 17.8 Å². The monoisotopic (exact) mass is 283 g/mol. The van der Waals surface area contributed by atoms with Gasteiger partial charge in [-0.1, -0.05) is 0 Å². The van der Waals surface area contributed by atoms with Crippen molar-refractivity contribution < 1.29 is 23.9 Å². The molecule has 0 spiro atoms. The molecule has 2 atom stereocenters. The summed E-state index contributed by atoms with van der Waals surface area (Å²) in [4.78, 5) is 36.9. The Morgan fingerprint density at radius 1 is 1.15 bits per heavy atom. The number of ether oxygens (including phenoxy) is 2. The van der Waals surface area contributed by atoms with Gasteiger partial charge in [-0.25, -0.2) is 0 Å². The lowest BCUT2D eigenvalue weighted by Crippen LogP contribution is -2.32. The van der Waals surface area contributed by atoms with Crippen molar-refractivity contribution in [3.63, 3.8) is 0 Å². The second kappa shape index (κ2) is 5.64. The third-order valence-electron chi connectivity index (χ3n) is 3.35. The van der Waals surface area contributed by atoms with Gasteiger partial charge in [0, 0.05) is 21.0 Å². The summed E-state index contributed by atoms with van der Waals surface area (Å²) in [6.07, 6.45) is 0.296. The lowest BCUT2D eigenvalue weighted by atomic mass is 9.97. The van der Waals surface area contributed by atoms with Crippen LogP contribution in [0.3, 0.4) is 0 Å². The number of nitrogens with zero attached hydrogens (tertiary/aromatic N) is 1. The predicted octanol–water partition coefficient (Wildman–Crippen LogP) is 1.11. The third kappa shape index (κ3) is 2.69. The van der Waals surface area contributed by atoms with E-state index in [9.17, 15) is 14.4 Å². The van der Waals surface area contributed by atoms with E-state index in [1.807, 2.05) is 0 Å². The lowest BCUT2D eigenvalue weighted by Gasteiger charge is -2.20. The van der Waals surface area contributed by atoms with Gasteiger partial charge in [0.05, 0.1) is 13.0 Å². The van der Waals surface area contributed by atoms with Crippen LogP contribution in [-0.4, -0.2) is 44.0 Å². The predicted molar refractivity (Wildman–Crippen MR) is 71.4 cm³/mol. The van der Waals surface area contributed by atoms with Crippen LogP contribution in [0.4, 0.5) is 0 Å². The van der Waals surface area contributed by atoms with E-state index in [1.165, 1.54) is 18.9 Å². The van der Waals surface area contributed by atoms with Crippen LogP contribution < -0.4 is 0 Å². The fraction of sp³-hybridized carbons (Fsp3) is 0.643. The molecule has 0 aromatic heterocycles. The van der Waals surface area contributed by atoms with E-state index in [-0.39, 0.29) is 11.7 Å². The fourth-order valence-corrected chi connectivity index (χ4v) is 2.41. The van der Waals surface area contributed by atoms with Crippen molar-refractivity contribution in [2.45, 2.75) is 27.2 Å². The highest BCUT2D eigenvalue weighted by molar-refractivity contribution is 5.96. The van der Waals surface area contributed by atoms with Crippen molar-refractivity contribution in [1.29, 1.82) is 0 Å². The molecule has 20 heavy (non-hydrogen) atoms. The first-order chi connectivity index (χ1) is 9.18. The van der Waals surface area contributed by atoms with Crippen molar-refractivity contribution in [2.24, 2.45) is 11.3 Å². The minimum atomic E-state index is -1.17. The van der Waals surface area contributed by atoms with Crippen LogP contribution in [0, 0.1) is 11.3 Å². The fourth-order valence-electron chi connectivity index (χ4n) is 2.41. The zero-order valence-corrected chi connectivity index (χ0v) is 12.8. The quantitative estimate of drug-likeness (QED) is 0.571. The van der Waals surface area contributed by atoms with E-state index in [2.05, 4.69) is 0 Å². The molecule has 0 heterocycles. The molecule has 0 bridgehead atoms. The second-order valence-corrected chi connectivity index (χ2v) is 5.38. The number of hydrogen-bond donors (Lipinski definition) is 0. The molecule has 6 nitrogen and oxygen atoms in total. The van der Waals surface area contributed by atoms with Gasteiger partial charge < -0.3 is 14.4 Å². The summed E-state index contributed by atoms with van der Waals surface area (Å²) in [6, 6.07) is 0. The topological polar surface area (TPSA) is 72.9 Å². The summed E-state index contributed by atoms with van der Waals surface area (Å²) < 4.78 is 10.0. The van der Waals surface area contributed by atoms with Gasteiger partial charge in [0.25, 0.3) is 0 Å². The average molecular weight is 283 g/mol. The van der Waals surface area contributed by atoms with Crippen LogP contribution in [0.25, 0.3) is 0 Å². The second-order valence-electron chi connectivity index (χ2n) is 5.38. The van der Waals surface area contributed by atoms with Gasteiger partial charge in [0.1, 0.15) is 11.2 Å². The Morgan fingerprint density at radius 2 is 1.70 bits per heavy atom. The molecule has 112 valence electrons. The smallest absolute Gasteiger partial charge is 0.320 e. The Hall–Kier alpha value is -1.85. The number of carbonyl (C=O) groups excluding carboxylic acids is 3. The average Bonchev–Trinajstić information content (AvgIpc) is 3.09. The van der Waals surface area contributed by atoms with Gasteiger partial charge in [0.2, 0.25) is 5.91 Å². The van der Waals surface area contributed by atoms with Crippen molar-refractivity contribution in [3.8, 4) is 0 Å². The molecule has 0 radical (unpaired) electrons. The van der Waals surface area contributed by atoms with E-state index in [1.54, 1.807) is 27.9 Å². The molecule has 1 amide bonds. The normalized spacial score (nSPS) is 23.6. The first-order valence-electron chi connectivity index (χ1n) is 6.34. The first kappa shape index (κ1) is 16.2. The molecule has 0 unspecified atom stereocenters. The summed E-state index contributed by atoms with van der Waals surface area (Å²) in [5.41, 5.74) is -0.486. The molecule has 0 saturated heterocycles. The number of rotatable bonds is 4. The highest BCUT2D eigenvalue weighted by atomic mass is 16.6. The Balaban J connectivity index is 3.23. The van der Waals surface area contributed by atoms with Gasteiger partial charge in [-0.3, -0.25) is 14.4 Å². The molecule has 1 aliphatic rings. The summed E-state index contributed by atoms with van der Waals surface area (Å²) in [7, 11) is 4.50. The zero-order valence-electron chi connectivity index (χ0n) is 12.8. The Labute approximate surface area is 118 Å². The molecular formula is C14H21NO5. The summed E-state index contributed by atoms with van der Waals surface area (Å²) in [6.45, 7) is 4.73. The van der Waals surface area contributed by atoms with Crippen molar-refractivity contribution in [2.75, 3.05) is 21.2 Å². The maximum Gasteiger partial charge on any atom is 0.320 e. The van der Waals surface area contributed by atoms with E-state index >= 15 is 0 Å². The van der Waals surface area contributed by atoms with Gasteiger partial charge in [-0.05, 0) is 25.8 Å². The minimum Gasteiger partial charge on any atom is -0.468 e. The number of amides is 1. The Bertz CT molecular complexity index is 476. The van der Waals surface area contributed by atoms with Gasteiger partial charge in [-0.15, -0.1) is 0 Å². The third-order valence-corrected chi connectivity index (χ3v) is 3.35. The molecule has 1 rings (SSSR count). The van der Waals surface area contributed by atoms with Crippen LogP contribution in [0.1, 0.15) is 27.2 Å². The maximum absolute atomic E-state index is 12.1. The molecule has 0 aromatic carbocycles. The zero-order chi connectivity index (χ0) is 15.7. The number of allylic oxidation sites excluding steroid dienone is 1.